The first kappa shape index (κ1) is 18.5. The van der Waals surface area contributed by atoms with E-state index in [0.717, 1.165) is 12.8 Å². The molecule has 102 valence electrons. The van der Waals surface area contributed by atoms with E-state index in [1.54, 1.807) is 12.3 Å². The first-order valence-corrected chi connectivity index (χ1v) is 6.35. The number of anilines is 1. The number of rotatable bonds is 3. The highest BCUT2D eigenvalue weighted by molar-refractivity contribution is 5.58. The largest absolute Gasteiger partial charge is 0.384 e. The molecule has 0 amide bonds. The lowest BCUT2D eigenvalue weighted by Crippen LogP contribution is -1.92. The second kappa shape index (κ2) is 15.2. The van der Waals surface area contributed by atoms with Gasteiger partial charge in [-0.05, 0) is 31.1 Å². The van der Waals surface area contributed by atoms with Crippen molar-refractivity contribution in [2.45, 2.75) is 40.5 Å². The SMILES string of the molecule is CC.CC/C=N\C(N)=C/CC.Nc1ccccn1. The van der Waals surface area contributed by atoms with E-state index in [4.69, 9.17) is 11.5 Å². The lowest BCUT2D eigenvalue weighted by Gasteiger charge is -1.87. The third-order valence-electron chi connectivity index (χ3n) is 1.52. The minimum absolute atomic E-state index is 0.572. The predicted molar refractivity (Wildman–Crippen MR) is 81.3 cm³/mol. The summed E-state index contributed by atoms with van der Waals surface area (Å²) in [6, 6.07) is 5.43. The van der Waals surface area contributed by atoms with Crippen molar-refractivity contribution in [3.8, 4) is 0 Å². The van der Waals surface area contributed by atoms with Crippen LogP contribution in [0.4, 0.5) is 5.82 Å². The summed E-state index contributed by atoms with van der Waals surface area (Å²) >= 11 is 0. The zero-order valence-electron chi connectivity index (χ0n) is 11.9. The number of hydrogen-bond acceptors (Lipinski definition) is 4. The van der Waals surface area contributed by atoms with E-state index in [9.17, 15) is 0 Å². The molecule has 0 aromatic carbocycles. The van der Waals surface area contributed by atoms with Crippen molar-refractivity contribution in [2.75, 3.05) is 5.73 Å². The molecule has 0 radical (unpaired) electrons. The number of nitrogen functional groups attached to an aromatic ring is 1. The van der Waals surface area contributed by atoms with E-state index in [1.165, 1.54) is 0 Å². The molecule has 1 rings (SSSR count). The number of aromatic nitrogens is 1. The van der Waals surface area contributed by atoms with Gasteiger partial charge in [-0.2, -0.15) is 0 Å². The van der Waals surface area contributed by atoms with E-state index in [-0.39, 0.29) is 0 Å². The van der Waals surface area contributed by atoms with Gasteiger partial charge in [-0.15, -0.1) is 0 Å². The maximum Gasteiger partial charge on any atom is 0.123 e. The van der Waals surface area contributed by atoms with Crippen molar-refractivity contribution in [2.24, 2.45) is 10.7 Å². The molecule has 1 aromatic rings. The molecule has 0 aliphatic heterocycles. The third kappa shape index (κ3) is 14.2. The Morgan fingerprint density at radius 3 is 2.28 bits per heavy atom. The van der Waals surface area contributed by atoms with Gasteiger partial charge in [0.15, 0.2) is 0 Å². The van der Waals surface area contributed by atoms with Crippen LogP contribution in [0.25, 0.3) is 0 Å². The van der Waals surface area contributed by atoms with Gasteiger partial charge in [0, 0.05) is 12.4 Å². The fourth-order valence-corrected chi connectivity index (χ4v) is 0.835. The van der Waals surface area contributed by atoms with E-state index in [0.29, 0.717) is 11.6 Å². The van der Waals surface area contributed by atoms with Crippen LogP contribution in [0.15, 0.2) is 41.3 Å². The van der Waals surface area contributed by atoms with Crippen molar-refractivity contribution >= 4 is 12.0 Å². The molecule has 0 fully saturated rings. The summed E-state index contributed by atoms with van der Waals surface area (Å²) in [5.74, 6) is 1.20. The first-order valence-electron chi connectivity index (χ1n) is 6.35. The van der Waals surface area contributed by atoms with Gasteiger partial charge in [-0.25, -0.2) is 9.98 Å². The molecule has 0 bridgehead atoms. The quantitative estimate of drug-likeness (QED) is 0.807. The number of pyridine rings is 1. The molecule has 0 saturated heterocycles. The van der Waals surface area contributed by atoms with Crippen LogP contribution in [0.1, 0.15) is 40.5 Å². The van der Waals surface area contributed by atoms with E-state index < -0.39 is 0 Å². The van der Waals surface area contributed by atoms with Crippen LogP contribution >= 0.6 is 0 Å². The monoisotopic (exact) mass is 250 g/mol. The Morgan fingerprint density at radius 1 is 1.28 bits per heavy atom. The third-order valence-corrected chi connectivity index (χ3v) is 1.52. The van der Waals surface area contributed by atoms with Crippen LogP contribution in [-0.2, 0) is 0 Å². The van der Waals surface area contributed by atoms with Gasteiger partial charge in [0.2, 0.25) is 0 Å². The minimum atomic E-state index is 0.572. The van der Waals surface area contributed by atoms with Gasteiger partial charge in [0.1, 0.15) is 11.6 Å². The van der Waals surface area contributed by atoms with Gasteiger partial charge in [0.05, 0.1) is 0 Å². The standard InChI is InChI=1S/C7H14N2.C5H6N2.C2H6/c1-3-5-7(8)9-6-4-2;6-5-3-1-2-4-7-5;1-2/h5-6H,3-4,8H2,1-2H3;1-4H,(H2,6,7);1-2H3/b7-5-,9-6-;;. The molecule has 0 unspecified atom stereocenters. The summed E-state index contributed by atoms with van der Waals surface area (Å²) in [5, 5.41) is 0. The van der Waals surface area contributed by atoms with Crippen molar-refractivity contribution in [3.63, 3.8) is 0 Å². The fraction of sp³-hybridized carbons (Fsp3) is 0.429. The van der Waals surface area contributed by atoms with Gasteiger partial charge >= 0.3 is 0 Å². The maximum atomic E-state index is 5.43. The van der Waals surface area contributed by atoms with Crippen molar-refractivity contribution in [1.29, 1.82) is 0 Å². The number of nitrogens with two attached hydrogens (primary N) is 2. The molecule has 0 atom stereocenters. The Labute approximate surface area is 111 Å². The van der Waals surface area contributed by atoms with Gasteiger partial charge in [-0.3, -0.25) is 0 Å². The molecule has 0 saturated carbocycles. The number of nitrogens with zero attached hydrogens (tertiary/aromatic N) is 2. The minimum Gasteiger partial charge on any atom is -0.384 e. The zero-order valence-corrected chi connectivity index (χ0v) is 11.9. The summed E-state index contributed by atoms with van der Waals surface area (Å²) in [4.78, 5) is 7.70. The molecule has 18 heavy (non-hydrogen) atoms. The highest BCUT2D eigenvalue weighted by Gasteiger charge is 1.77. The van der Waals surface area contributed by atoms with Gasteiger partial charge < -0.3 is 11.5 Å². The molecule has 0 aliphatic carbocycles. The molecular formula is C14H26N4. The first-order chi connectivity index (χ1) is 8.70. The molecule has 4 nitrogen and oxygen atoms in total. The van der Waals surface area contributed by atoms with Crippen LogP contribution < -0.4 is 11.5 Å². The Bertz CT molecular complexity index is 318. The van der Waals surface area contributed by atoms with Crippen LogP contribution in [-0.4, -0.2) is 11.2 Å². The second-order valence-electron chi connectivity index (χ2n) is 3.01. The molecule has 1 aromatic heterocycles. The van der Waals surface area contributed by atoms with Crippen molar-refractivity contribution in [3.05, 3.63) is 36.3 Å². The highest BCUT2D eigenvalue weighted by atomic mass is 14.9. The van der Waals surface area contributed by atoms with Crippen LogP contribution in [0.2, 0.25) is 0 Å². The summed E-state index contributed by atoms with van der Waals surface area (Å²) < 4.78 is 0. The Hall–Kier alpha value is -1.84. The van der Waals surface area contributed by atoms with E-state index in [2.05, 4.69) is 9.98 Å². The second-order valence-corrected chi connectivity index (χ2v) is 3.01. The molecule has 4 heteroatoms. The average molecular weight is 250 g/mol. The highest BCUT2D eigenvalue weighted by Crippen LogP contribution is 1.89. The summed E-state index contributed by atoms with van der Waals surface area (Å²) in [7, 11) is 0. The lowest BCUT2D eigenvalue weighted by atomic mass is 10.4. The molecule has 0 aliphatic rings. The summed E-state index contributed by atoms with van der Waals surface area (Å²) in [5.41, 5.74) is 10.7. The van der Waals surface area contributed by atoms with Crippen molar-refractivity contribution < 1.29 is 0 Å². The van der Waals surface area contributed by atoms with E-state index in [1.807, 2.05) is 52.1 Å². The Morgan fingerprint density at radius 2 is 1.94 bits per heavy atom. The van der Waals surface area contributed by atoms with E-state index >= 15 is 0 Å². The Balaban J connectivity index is 0. The smallest absolute Gasteiger partial charge is 0.123 e. The normalized spacial score (nSPS) is 10.1. The molecule has 1 heterocycles. The van der Waals surface area contributed by atoms with Gasteiger partial charge in [0.25, 0.3) is 0 Å². The zero-order chi connectivity index (χ0) is 14.2. The Kier molecular flexibility index (Phi) is 15.6. The number of allylic oxidation sites excluding steroid dienone is 1. The molecule has 4 N–H and O–H groups in total. The summed E-state index contributed by atoms with van der Waals surface area (Å²) in [6.07, 6.45) is 7.26. The lowest BCUT2D eigenvalue weighted by molar-refractivity contribution is 1.13. The predicted octanol–water partition coefficient (Wildman–Crippen LogP) is 3.37. The maximum absolute atomic E-state index is 5.43. The van der Waals surface area contributed by atoms with Crippen molar-refractivity contribution in [1.82, 2.24) is 4.98 Å². The molecular weight excluding hydrogens is 224 g/mol. The molecule has 0 spiro atoms. The fourth-order valence-electron chi connectivity index (χ4n) is 0.835. The van der Waals surface area contributed by atoms with Gasteiger partial charge in [-0.1, -0.05) is 33.8 Å². The number of hydrogen-bond donors (Lipinski definition) is 2. The average Bonchev–Trinajstić information content (AvgIpc) is 2.41. The number of aliphatic imine (C=N–C) groups is 1. The van der Waals surface area contributed by atoms with Crippen LogP contribution in [0.5, 0.6) is 0 Å². The van der Waals surface area contributed by atoms with Crippen LogP contribution in [0, 0.1) is 0 Å². The summed E-state index contributed by atoms with van der Waals surface area (Å²) in [6.45, 7) is 8.07. The topological polar surface area (TPSA) is 77.3 Å². The van der Waals surface area contributed by atoms with Crippen LogP contribution in [0.3, 0.4) is 0 Å².